The van der Waals surface area contributed by atoms with E-state index in [0.717, 1.165) is 17.0 Å². The van der Waals surface area contributed by atoms with Gasteiger partial charge in [-0.2, -0.15) is 0 Å². The van der Waals surface area contributed by atoms with Crippen LogP contribution >= 0.6 is 0 Å². The average Bonchev–Trinajstić information content (AvgIpc) is 2.59. The molecule has 0 unspecified atom stereocenters. The number of nitrogens with one attached hydrogen (secondary N) is 2. The van der Waals surface area contributed by atoms with Crippen molar-refractivity contribution < 1.29 is 9.53 Å². The van der Waals surface area contributed by atoms with Gasteiger partial charge in [-0.3, -0.25) is 0 Å². The van der Waals surface area contributed by atoms with Crippen molar-refractivity contribution in [3.8, 4) is 5.75 Å². The second-order valence-electron chi connectivity index (χ2n) is 6.66. The predicted molar refractivity (Wildman–Crippen MR) is 104 cm³/mol. The average molecular weight is 340 g/mol. The molecule has 2 aromatic carbocycles. The molecule has 2 rings (SSSR count). The first-order valence-corrected chi connectivity index (χ1v) is 8.84. The lowest BCUT2D eigenvalue weighted by atomic mass is 10.0. The monoisotopic (exact) mass is 340 g/mol. The number of hydrogen-bond donors (Lipinski definition) is 2. The normalized spacial score (nSPS) is 10.8. The summed E-state index contributed by atoms with van der Waals surface area (Å²) in [5.41, 5.74) is 3.15. The summed E-state index contributed by atoms with van der Waals surface area (Å²) in [6.07, 6.45) is 0. The lowest BCUT2D eigenvalue weighted by molar-refractivity contribution is 0.247. The first-order chi connectivity index (χ1) is 12.0. The number of anilines is 1. The summed E-state index contributed by atoms with van der Waals surface area (Å²) in [5.74, 6) is 1.64. The lowest BCUT2D eigenvalue weighted by Gasteiger charge is -2.15. The van der Waals surface area contributed by atoms with Crippen molar-refractivity contribution in [2.24, 2.45) is 0 Å². The smallest absolute Gasteiger partial charge is 0.319 e. The summed E-state index contributed by atoms with van der Waals surface area (Å²) in [5, 5.41) is 5.76. The summed E-state index contributed by atoms with van der Waals surface area (Å²) < 4.78 is 5.82. The number of para-hydroxylation sites is 2. The molecule has 2 amide bonds. The van der Waals surface area contributed by atoms with Gasteiger partial charge in [0.15, 0.2) is 0 Å². The Labute approximate surface area is 150 Å². The van der Waals surface area contributed by atoms with Crippen LogP contribution in [0.5, 0.6) is 5.75 Å². The van der Waals surface area contributed by atoms with E-state index in [0.29, 0.717) is 25.0 Å². The molecule has 0 saturated heterocycles. The number of hydrogen-bond acceptors (Lipinski definition) is 2. The van der Waals surface area contributed by atoms with Crippen LogP contribution in [-0.4, -0.2) is 19.2 Å². The quantitative estimate of drug-likeness (QED) is 0.686. The largest absolute Gasteiger partial charge is 0.491 e. The first kappa shape index (κ1) is 18.8. The van der Waals surface area contributed by atoms with Crippen LogP contribution in [0.15, 0.2) is 48.5 Å². The molecule has 0 saturated carbocycles. The van der Waals surface area contributed by atoms with Crippen molar-refractivity contribution in [2.45, 2.75) is 39.5 Å². The van der Waals surface area contributed by atoms with E-state index in [1.165, 1.54) is 5.56 Å². The number of carbonyl (C=O) groups excluding carboxylic acids is 1. The van der Waals surface area contributed by atoms with Crippen molar-refractivity contribution in [1.82, 2.24) is 5.32 Å². The third kappa shape index (κ3) is 5.52. The maximum atomic E-state index is 12.1. The Morgan fingerprint density at radius 2 is 1.52 bits per heavy atom. The van der Waals surface area contributed by atoms with Gasteiger partial charge in [-0.05, 0) is 35.1 Å². The molecular formula is C21H28N2O2. The van der Waals surface area contributed by atoms with E-state index < -0.39 is 0 Å². The van der Waals surface area contributed by atoms with E-state index in [-0.39, 0.29) is 6.03 Å². The Balaban J connectivity index is 1.82. The Morgan fingerprint density at radius 1 is 0.920 bits per heavy atom. The van der Waals surface area contributed by atoms with E-state index >= 15 is 0 Å². The standard InChI is InChI=1S/C21H28N2O2/c1-15(2)17-9-5-7-11-19(17)23-21(24)22-13-14-25-20-12-8-6-10-18(20)16(3)4/h5-12,15-16H,13-14H2,1-4H3,(H2,22,23,24). The zero-order valence-electron chi connectivity index (χ0n) is 15.5. The van der Waals surface area contributed by atoms with Gasteiger partial charge in [0.2, 0.25) is 0 Å². The lowest BCUT2D eigenvalue weighted by Crippen LogP contribution is -2.32. The Hall–Kier alpha value is -2.49. The van der Waals surface area contributed by atoms with Crippen LogP contribution in [0.25, 0.3) is 0 Å². The van der Waals surface area contributed by atoms with Crippen LogP contribution in [0.4, 0.5) is 10.5 Å². The maximum Gasteiger partial charge on any atom is 0.319 e. The fourth-order valence-electron chi connectivity index (χ4n) is 2.70. The fourth-order valence-corrected chi connectivity index (χ4v) is 2.70. The topological polar surface area (TPSA) is 50.4 Å². The molecule has 0 aromatic heterocycles. The van der Waals surface area contributed by atoms with Crippen molar-refractivity contribution in [2.75, 3.05) is 18.5 Å². The molecule has 25 heavy (non-hydrogen) atoms. The van der Waals surface area contributed by atoms with Crippen LogP contribution in [0.1, 0.15) is 50.7 Å². The highest BCUT2D eigenvalue weighted by Crippen LogP contribution is 2.25. The third-order valence-corrected chi connectivity index (χ3v) is 4.02. The summed E-state index contributed by atoms with van der Waals surface area (Å²) >= 11 is 0. The zero-order chi connectivity index (χ0) is 18.2. The van der Waals surface area contributed by atoms with E-state index in [1.54, 1.807) is 0 Å². The number of ether oxygens (including phenoxy) is 1. The molecule has 0 fully saturated rings. The van der Waals surface area contributed by atoms with Crippen molar-refractivity contribution in [1.29, 1.82) is 0 Å². The molecule has 2 aromatic rings. The van der Waals surface area contributed by atoms with Gasteiger partial charge in [-0.15, -0.1) is 0 Å². The molecule has 0 radical (unpaired) electrons. The molecule has 2 N–H and O–H groups in total. The number of urea groups is 1. The SMILES string of the molecule is CC(C)c1ccccc1NC(=O)NCCOc1ccccc1C(C)C. The molecule has 4 nitrogen and oxygen atoms in total. The van der Waals surface area contributed by atoms with Gasteiger partial charge in [-0.25, -0.2) is 4.79 Å². The highest BCUT2D eigenvalue weighted by molar-refractivity contribution is 5.90. The second-order valence-corrected chi connectivity index (χ2v) is 6.66. The third-order valence-electron chi connectivity index (χ3n) is 4.02. The fraction of sp³-hybridized carbons (Fsp3) is 0.381. The minimum Gasteiger partial charge on any atom is -0.491 e. The Bertz CT molecular complexity index is 696. The molecule has 0 aliphatic rings. The molecule has 0 aliphatic carbocycles. The van der Waals surface area contributed by atoms with E-state index in [1.807, 2.05) is 42.5 Å². The predicted octanol–water partition coefficient (Wildman–Crippen LogP) is 5.13. The molecule has 4 heteroatoms. The second kappa shape index (κ2) is 9.11. The summed E-state index contributed by atoms with van der Waals surface area (Å²) in [6.45, 7) is 9.38. The molecular weight excluding hydrogens is 312 g/mol. The number of carbonyl (C=O) groups is 1. The molecule has 134 valence electrons. The molecule has 0 atom stereocenters. The van der Waals surface area contributed by atoms with Crippen LogP contribution in [-0.2, 0) is 0 Å². The van der Waals surface area contributed by atoms with Crippen molar-refractivity contribution >= 4 is 11.7 Å². The van der Waals surface area contributed by atoms with Crippen molar-refractivity contribution in [3.05, 3.63) is 59.7 Å². The number of amides is 2. The molecule has 0 aliphatic heterocycles. The Morgan fingerprint density at radius 3 is 2.20 bits per heavy atom. The van der Waals surface area contributed by atoms with Crippen LogP contribution < -0.4 is 15.4 Å². The summed E-state index contributed by atoms with van der Waals surface area (Å²) in [4.78, 5) is 12.1. The minimum atomic E-state index is -0.214. The zero-order valence-corrected chi connectivity index (χ0v) is 15.5. The van der Waals surface area contributed by atoms with E-state index in [9.17, 15) is 4.79 Å². The van der Waals surface area contributed by atoms with Crippen LogP contribution in [0, 0.1) is 0 Å². The summed E-state index contributed by atoms with van der Waals surface area (Å²) in [7, 11) is 0. The maximum absolute atomic E-state index is 12.1. The number of rotatable bonds is 7. The molecule has 0 spiro atoms. The van der Waals surface area contributed by atoms with E-state index in [4.69, 9.17) is 4.74 Å². The molecule has 0 bridgehead atoms. The van der Waals surface area contributed by atoms with Crippen LogP contribution in [0.3, 0.4) is 0 Å². The summed E-state index contributed by atoms with van der Waals surface area (Å²) in [6, 6.07) is 15.7. The van der Waals surface area contributed by atoms with Crippen molar-refractivity contribution in [3.63, 3.8) is 0 Å². The minimum absolute atomic E-state index is 0.214. The highest BCUT2D eigenvalue weighted by atomic mass is 16.5. The van der Waals surface area contributed by atoms with Gasteiger partial charge in [0.25, 0.3) is 0 Å². The van der Waals surface area contributed by atoms with Gasteiger partial charge in [-0.1, -0.05) is 64.1 Å². The number of benzene rings is 2. The van der Waals surface area contributed by atoms with E-state index in [2.05, 4.69) is 44.4 Å². The van der Waals surface area contributed by atoms with Crippen LogP contribution in [0.2, 0.25) is 0 Å². The highest BCUT2D eigenvalue weighted by Gasteiger charge is 2.09. The Kier molecular flexibility index (Phi) is 6.87. The van der Waals surface area contributed by atoms with Gasteiger partial charge < -0.3 is 15.4 Å². The van der Waals surface area contributed by atoms with Gasteiger partial charge >= 0.3 is 6.03 Å². The van der Waals surface area contributed by atoms with Gasteiger partial charge in [0.05, 0.1) is 6.54 Å². The molecule has 0 heterocycles. The first-order valence-electron chi connectivity index (χ1n) is 8.84. The van der Waals surface area contributed by atoms with Gasteiger partial charge in [0.1, 0.15) is 12.4 Å². The van der Waals surface area contributed by atoms with Gasteiger partial charge in [0, 0.05) is 5.69 Å².